The zero-order chi connectivity index (χ0) is 28.4. The Labute approximate surface area is 228 Å². The Kier molecular flexibility index (Phi) is 8.41. The standard InChI is InChI=1S/C23H27ClN7O7P/c1-13(2)36-22(33)14(3)30-39(34,38-15-7-5-4-6-8-15)35-10-17-18(32)19(24)23(11-25,37-17)31-21-16(9-29-31)20(26)27-12-28-21/h4-9,12-14,17-19,32H,10H2,1-3H3,(H,30,34)(H2,26,27,28)/t14?,17-,18-,19+,23-,39?/m1/s1. The number of ether oxygens (including phenoxy) is 2. The van der Waals surface area contributed by atoms with E-state index in [2.05, 4.69) is 20.2 Å². The molecule has 14 nitrogen and oxygen atoms in total. The van der Waals surface area contributed by atoms with Crippen LogP contribution in [0.1, 0.15) is 20.8 Å². The van der Waals surface area contributed by atoms with Gasteiger partial charge >= 0.3 is 13.7 Å². The number of hydrogen-bond acceptors (Lipinski definition) is 12. The van der Waals surface area contributed by atoms with E-state index in [9.17, 15) is 19.7 Å². The van der Waals surface area contributed by atoms with Crippen molar-refractivity contribution < 1.29 is 33.0 Å². The summed E-state index contributed by atoms with van der Waals surface area (Å²) in [6.45, 7) is 4.23. The van der Waals surface area contributed by atoms with Gasteiger partial charge in [-0.1, -0.05) is 18.2 Å². The van der Waals surface area contributed by atoms with Gasteiger partial charge in [0.15, 0.2) is 5.65 Å². The molecule has 0 amide bonds. The molecule has 1 aliphatic rings. The van der Waals surface area contributed by atoms with Crippen LogP contribution in [-0.2, 0) is 29.1 Å². The Morgan fingerprint density at radius 3 is 2.74 bits per heavy atom. The molecule has 1 aromatic carbocycles. The van der Waals surface area contributed by atoms with E-state index in [0.717, 1.165) is 4.68 Å². The second kappa shape index (κ2) is 11.4. The van der Waals surface area contributed by atoms with Crippen LogP contribution in [0.5, 0.6) is 5.75 Å². The number of nitrogen functional groups attached to an aromatic ring is 1. The lowest BCUT2D eigenvalue weighted by atomic mass is 10.1. The predicted molar refractivity (Wildman–Crippen MR) is 138 cm³/mol. The summed E-state index contributed by atoms with van der Waals surface area (Å²) in [5, 5.41) is 26.7. The molecule has 0 radical (unpaired) electrons. The average molecular weight is 580 g/mol. The van der Waals surface area contributed by atoms with Gasteiger partial charge in [0.2, 0.25) is 0 Å². The van der Waals surface area contributed by atoms with E-state index in [1.807, 2.05) is 6.07 Å². The number of nitrogens with zero attached hydrogens (tertiary/aromatic N) is 5. The Bertz CT molecular complexity index is 1420. The number of rotatable bonds is 10. The number of alkyl halides is 1. The number of para-hydroxylation sites is 1. The molecule has 6 atom stereocenters. The number of esters is 1. The van der Waals surface area contributed by atoms with Crippen LogP contribution in [-0.4, -0.2) is 67.2 Å². The van der Waals surface area contributed by atoms with Crippen molar-refractivity contribution in [2.75, 3.05) is 12.3 Å². The third kappa shape index (κ3) is 5.84. The van der Waals surface area contributed by atoms with E-state index >= 15 is 0 Å². The Morgan fingerprint density at radius 1 is 1.36 bits per heavy atom. The van der Waals surface area contributed by atoms with Crippen molar-refractivity contribution in [3.05, 3.63) is 42.9 Å². The van der Waals surface area contributed by atoms with Gasteiger partial charge in [0, 0.05) is 0 Å². The van der Waals surface area contributed by atoms with Crippen molar-refractivity contribution in [3.8, 4) is 11.8 Å². The maximum atomic E-state index is 13.8. The van der Waals surface area contributed by atoms with Gasteiger partial charge in [-0.3, -0.25) is 9.32 Å². The first-order valence-corrected chi connectivity index (χ1v) is 13.8. The van der Waals surface area contributed by atoms with E-state index in [1.54, 1.807) is 44.2 Å². The number of aromatic nitrogens is 4. The lowest BCUT2D eigenvalue weighted by Gasteiger charge is -2.26. The number of benzene rings is 1. The molecule has 1 saturated heterocycles. The van der Waals surface area contributed by atoms with Crippen LogP contribution >= 0.6 is 19.3 Å². The molecule has 4 N–H and O–H groups in total. The smallest absolute Gasteiger partial charge is 0.459 e. The summed E-state index contributed by atoms with van der Waals surface area (Å²) >= 11 is 6.50. The molecule has 1 fully saturated rings. The van der Waals surface area contributed by atoms with E-state index in [1.165, 1.54) is 19.4 Å². The lowest BCUT2D eigenvalue weighted by molar-refractivity contribution is -0.149. The molecule has 16 heteroatoms. The minimum Gasteiger partial charge on any atom is -0.462 e. The quantitative estimate of drug-likeness (QED) is 0.179. The number of nitriles is 1. The second-order valence-electron chi connectivity index (χ2n) is 8.94. The van der Waals surface area contributed by atoms with Crippen molar-refractivity contribution in [2.24, 2.45) is 0 Å². The molecular weight excluding hydrogens is 553 g/mol. The highest BCUT2D eigenvalue weighted by Crippen LogP contribution is 2.47. The predicted octanol–water partition coefficient (Wildman–Crippen LogP) is 2.09. The summed E-state index contributed by atoms with van der Waals surface area (Å²) in [7, 11) is -4.28. The minimum atomic E-state index is -4.28. The lowest BCUT2D eigenvalue weighted by Crippen LogP contribution is -2.42. The van der Waals surface area contributed by atoms with Crippen LogP contribution in [0.2, 0.25) is 0 Å². The monoisotopic (exact) mass is 579 g/mol. The average Bonchev–Trinajstić information content (AvgIpc) is 3.44. The number of fused-ring (bicyclic) bond motifs is 1. The molecule has 4 rings (SSSR count). The first-order valence-electron chi connectivity index (χ1n) is 11.8. The van der Waals surface area contributed by atoms with Crippen LogP contribution in [0.4, 0.5) is 5.82 Å². The van der Waals surface area contributed by atoms with Crippen molar-refractivity contribution in [3.63, 3.8) is 0 Å². The zero-order valence-corrected chi connectivity index (χ0v) is 22.8. The number of aliphatic hydroxyl groups excluding tert-OH is 1. The largest absolute Gasteiger partial charge is 0.462 e. The first-order chi connectivity index (χ1) is 18.5. The van der Waals surface area contributed by atoms with Crippen LogP contribution in [0.25, 0.3) is 11.0 Å². The minimum absolute atomic E-state index is 0.124. The third-order valence-corrected chi connectivity index (χ3v) is 7.89. The van der Waals surface area contributed by atoms with Crippen LogP contribution < -0.4 is 15.3 Å². The molecule has 3 heterocycles. The third-order valence-electron chi connectivity index (χ3n) is 5.69. The molecule has 0 aliphatic carbocycles. The van der Waals surface area contributed by atoms with Crippen molar-refractivity contribution in [1.82, 2.24) is 24.8 Å². The van der Waals surface area contributed by atoms with Gasteiger partial charge < -0.3 is 24.8 Å². The number of carbonyl (C=O) groups is 1. The maximum absolute atomic E-state index is 13.8. The topological polar surface area (TPSA) is 197 Å². The van der Waals surface area contributed by atoms with Gasteiger partial charge in [0.05, 0.1) is 24.3 Å². The zero-order valence-electron chi connectivity index (χ0n) is 21.2. The molecule has 39 heavy (non-hydrogen) atoms. The number of carbonyl (C=O) groups excluding carboxylic acids is 1. The summed E-state index contributed by atoms with van der Waals surface area (Å²) < 4.78 is 37.1. The van der Waals surface area contributed by atoms with Gasteiger partial charge in [0.1, 0.15) is 47.6 Å². The van der Waals surface area contributed by atoms with Crippen molar-refractivity contribution in [2.45, 2.75) is 56.2 Å². The maximum Gasteiger partial charge on any atom is 0.459 e. The first kappa shape index (κ1) is 28.7. The molecule has 208 valence electrons. The number of nitrogens with one attached hydrogen (secondary N) is 1. The number of anilines is 1. The summed E-state index contributed by atoms with van der Waals surface area (Å²) in [6.07, 6.45) is -0.616. The molecule has 1 aliphatic heterocycles. The van der Waals surface area contributed by atoms with Crippen LogP contribution in [0.15, 0.2) is 42.9 Å². The van der Waals surface area contributed by atoms with Crippen molar-refractivity contribution in [1.29, 1.82) is 5.26 Å². The summed E-state index contributed by atoms with van der Waals surface area (Å²) in [6, 6.07) is 9.00. The Balaban J connectivity index is 1.58. The molecule has 0 saturated carbocycles. The van der Waals surface area contributed by atoms with Gasteiger partial charge in [0.25, 0.3) is 5.72 Å². The van der Waals surface area contributed by atoms with E-state index in [4.69, 9.17) is 35.9 Å². The SMILES string of the molecule is CC(C)OC(=O)C(C)NP(=O)(OC[C@H]1O[C@@](C#N)(n2ncc3c(N)ncnc32)[C@@H](Cl)[C@@H]1O)Oc1ccccc1. The molecule has 3 aromatic rings. The molecule has 0 spiro atoms. The Morgan fingerprint density at radius 2 is 2.08 bits per heavy atom. The van der Waals surface area contributed by atoms with Crippen LogP contribution in [0, 0.1) is 11.3 Å². The number of aliphatic hydroxyl groups is 1. The van der Waals surface area contributed by atoms with Gasteiger partial charge in [-0.15, -0.1) is 11.6 Å². The van der Waals surface area contributed by atoms with Crippen molar-refractivity contribution >= 4 is 42.2 Å². The Hall–Kier alpha value is -3.31. The highest BCUT2D eigenvalue weighted by Gasteiger charge is 2.58. The number of hydrogen-bond donors (Lipinski definition) is 3. The summed E-state index contributed by atoms with van der Waals surface area (Å²) in [5.74, 6) is -0.370. The van der Waals surface area contributed by atoms with Gasteiger partial charge in [-0.2, -0.15) is 20.1 Å². The van der Waals surface area contributed by atoms with E-state index in [-0.39, 0.29) is 17.2 Å². The highest BCUT2D eigenvalue weighted by molar-refractivity contribution is 7.52. The van der Waals surface area contributed by atoms with E-state index in [0.29, 0.717) is 5.39 Å². The fraction of sp³-hybridized carbons (Fsp3) is 0.435. The summed E-state index contributed by atoms with van der Waals surface area (Å²) in [4.78, 5) is 20.4. The number of halogens is 1. The highest BCUT2D eigenvalue weighted by atomic mass is 35.5. The molecule has 2 aromatic heterocycles. The molecule has 0 bridgehead atoms. The fourth-order valence-electron chi connectivity index (χ4n) is 3.83. The van der Waals surface area contributed by atoms with E-state index < -0.39 is 55.8 Å². The second-order valence-corrected chi connectivity index (χ2v) is 11.1. The number of nitrogens with two attached hydrogens (primary N) is 1. The fourth-order valence-corrected chi connectivity index (χ4v) is 5.69. The molecular formula is C23H27ClN7O7P. The normalized spacial score (nSPS) is 25.2. The summed E-state index contributed by atoms with van der Waals surface area (Å²) in [5.41, 5.74) is 4.00. The molecule has 2 unspecified atom stereocenters. The van der Waals surface area contributed by atoms with Gasteiger partial charge in [-0.05, 0) is 32.9 Å². The van der Waals surface area contributed by atoms with Crippen LogP contribution in [0.3, 0.4) is 0 Å². The van der Waals surface area contributed by atoms with Gasteiger partial charge in [-0.25, -0.2) is 14.5 Å².